The van der Waals surface area contributed by atoms with E-state index in [1.165, 1.54) is 4.73 Å². The summed E-state index contributed by atoms with van der Waals surface area (Å²) in [5.41, 5.74) is 1.69. The fraction of sp³-hybridized carbons (Fsp3) is 0.100. The molecule has 0 spiro atoms. The van der Waals surface area contributed by atoms with Crippen LogP contribution in [0.3, 0.4) is 0 Å². The molecule has 0 atom stereocenters. The van der Waals surface area contributed by atoms with Crippen LogP contribution in [0.25, 0.3) is 10.9 Å². The highest BCUT2D eigenvalue weighted by atomic mass is 16.5. The predicted molar refractivity (Wildman–Crippen MR) is 46.1 cm³/mol. The van der Waals surface area contributed by atoms with Crippen LogP contribution in [0.2, 0.25) is 0 Å². The van der Waals surface area contributed by atoms with E-state index in [9.17, 15) is 5.21 Å². The summed E-state index contributed by atoms with van der Waals surface area (Å²) >= 11 is 0. The third-order valence-electron chi connectivity index (χ3n) is 2.00. The maximum atomic E-state index is 9.57. The number of pyridine rings is 1. The van der Waals surface area contributed by atoms with Gasteiger partial charge < -0.3 is 0 Å². The molecular formula is C10H10NO+. The number of para-hydroxylation sites is 1. The van der Waals surface area contributed by atoms with E-state index in [2.05, 4.69) is 0 Å². The van der Waals surface area contributed by atoms with Gasteiger partial charge in [-0.1, -0.05) is 12.1 Å². The van der Waals surface area contributed by atoms with Gasteiger partial charge in [0, 0.05) is 23.8 Å². The minimum atomic E-state index is 0.841. The standard InChI is InChI=1S/C10H10NO/c1-8-6-7-9-4-2-3-5-10(9)11(8)12/h2-7,12H,1H3/q+1. The third kappa shape index (κ3) is 0.925. The molecule has 0 unspecified atom stereocenters. The number of rotatable bonds is 0. The minimum absolute atomic E-state index is 0.841. The van der Waals surface area contributed by atoms with Crippen molar-refractivity contribution in [1.82, 2.24) is 0 Å². The Morgan fingerprint density at radius 1 is 1.08 bits per heavy atom. The van der Waals surface area contributed by atoms with Crippen molar-refractivity contribution in [1.29, 1.82) is 0 Å². The molecule has 0 aliphatic rings. The third-order valence-corrected chi connectivity index (χ3v) is 2.00. The SMILES string of the molecule is Cc1ccc2ccccc2[n+]1O. The predicted octanol–water partition coefficient (Wildman–Crippen LogP) is 1.67. The molecule has 2 aromatic rings. The van der Waals surface area contributed by atoms with Crippen LogP contribution in [-0.4, -0.2) is 5.21 Å². The molecule has 1 heterocycles. The van der Waals surface area contributed by atoms with Gasteiger partial charge in [-0.15, -0.1) is 0 Å². The second-order valence-electron chi connectivity index (χ2n) is 2.85. The first kappa shape index (κ1) is 7.10. The average molecular weight is 160 g/mol. The summed E-state index contributed by atoms with van der Waals surface area (Å²) in [4.78, 5) is 0. The van der Waals surface area contributed by atoms with Crippen molar-refractivity contribution in [3.8, 4) is 0 Å². The van der Waals surface area contributed by atoms with Crippen LogP contribution in [-0.2, 0) is 0 Å². The quantitative estimate of drug-likeness (QED) is 0.460. The second kappa shape index (κ2) is 2.48. The summed E-state index contributed by atoms with van der Waals surface area (Å²) in [6.07, 6.45) is 0. The van der Waals surface area contributed by atoms with Gasteiger partial charge in [0.1, 0.15) is 0 Å². The molecule has 0 bridgehead atoms. The van der Waals surface area contributed by atoms with Crippen LogP contribution in [0.1, 0.15) is 5.69 Å². The van der Waals surface area contributed by atoms with Crippen LogP contribution in [0.4, 0.5) is 0 Å². The highest BCUT2D eigenvalue weighted by Gasteiger charge is 2.09. The van der Waals surface area contributed by atoms with Gasteiger partial charge in [-0.25, -0.2) is 0 Å². The lowest BCUT2D eigenvalue weighted by Crippen LogP contribution is -2.34. The molecule has 60 valence electrons. The molecule has 2 heteroatoms. The Labute approximate surface area is 70.7 Å². The highest BCUT2D eigenvalue weighted by Crippen LogP contribution is 2.08. The smallest absolute Gasteiger partial charge is 0.264 e. The molecule has 0 aliphatic carbocycles. The van der Waals surface area contributed by atoms with Gasteiger partial charge in [0.2, 0.25) is 5.69 Å². The van der Waals surface area contributed by atoms with Crippen LogP contribution in [0, 0.1) is 6.92 Å². The van der Waals surface area contributed by atoms with E-state index in [0.29, 0.717) is 0 Å². The summed E-state index contributed by atoms with van der Waals surface area (Å²) in [5, 5.41) is 10.6. The number of aromatic nitrogens is 1. The molecule has 0 amide bonds. The van der Waals surface area contributed by atoms with Crippen molar-refractivity contribution >= 4 is 10.9 Å². The number of fused-ring (bicyclic) bond motifs is 1. The van der Waals surface area contributed by atoms with Crippen molar-refractivity contribution in [3.05, 3.63) is 42.1 Å². The first-order chi connectivity index (χ1) is 5.79. The molecule has 1 aromatic carbocycles. The zero-order valence-electron chi connectivity index (χ0n) is 6.86. The topological polar surface area (TPSA) is 24.1 Å². The Balaban J connectivity index is 2.91. The fourth-order valence-corrected chi connectivity index (χ4v) is 1.29. The van der Waals surface area contributed by atoms with Crippen LogP contribution < -0.4 is 4.73 Å². The zero-order chi connectivity index (χ0) is 8.55. The molecule has 2 nitrogen and oxygen atoms in total. The van der Waals surface area contributed by atoms with Gasteiger partial charge in [0.05, 0.1) is 5.39 Å². The van der Waals surface area contributed by atoms with Crippen LogP contribution in [0.15, 0.2) is 36.4 Å². The maximum absolute atomic E-state index is 9.57. The number of nitrogens with zero attached hydrogens (tertiary/aromatic N) is 1. The van der Waals surface area contributed by atoms with E-state index >= 15 is 0 Å². The Morgan fingerprint density at radius 3 is 2.67 bits per heavy atom. The summed E-state index contributed by atoms with van der Waals surface area (Å²) in [6.45, 7) is 1.87. The van der Waals surface area contributed by atoms with E-state index in [4.69, 9.17) is 0 Å². The monoisotopic (exact) mass is 160 g/mol. The number of benzene rings is 1. The van der Waals surface area contributed by atoms with E-state index in [1.807, 2.05) is 43.3 Å². The first-order valence-electron chi connectivity index (χ1n) is 3.89. The van der Waals surface area contributed by atoms with E-state index in [1.54, 1.807) is 0 Å². The molecule has 12 heavy (non-hydrogen) atoms. The molecule has 0 radical (unpaired) electrons. The summed E-state index contributed by atoms with van der Waals surface area (Å²) in [7, 11) is 0. The van der Waals surface area contributed by atoms with E-state index < -0.39 is 0 Å². The Hall–Kier alpha value is -1.57. The molecule has 1 aromatic heterocycles. The summed E-state index contributed by atoms with van der Waals surface area (Å²) < 4.78 is 1.20. The lowest BCUT2D eigenvalue weighted by Gasteiger charge is -1.94. The van der Waals surface area contributed by atoms with Crippen molar-refractivity contribution in [2.75, 3.05) is 0 Å². The zero-order valence-corrected chi connectivity index (χ0v) is 6.86. The largest absolute Gasteiger partial charge is 0.284 e. The van der Waals surface area contributed by atoms with E-state index in [-0.39, 0.29) is 0 Å². The lowest BCUT2D eigenvalue weighted by atomic mass is 10.2. The van der Waals surface area contributed by atoms with Gasteiger partial charge >= 0.3 is 0 Å². The van der Waals surface area contributed by atoms with Crippen molar-refractivity contribution in [3.63, 3.8) is 0 Å². The normalized spacial score (nSPS) is 10.4. The number of aryl methyl sites for hydroxylation is 1. The molecule has 0 saturated heterocycles. The fourth-order valence-electron chi connectivity index (χ4n) is 1.29. The Morgan fingerprint density at radius 2 is 1.83 bits per heavy atom. The van der Waals surface area contributed by atoms with Gasteiger partial charge in [-0.3, -0.25) is 5.21 Å². The molecule has 2 rings (SSSR count). The summed E-state index contributed by atoms with van der Waals surface area (Å²) in [6, 6.07) is 11.6. The van der Waals surface area contributed by atoms with Crippen LogP contribution >= 0.6 is 0 Å². The first-order valence-corrected chi connectivity index (χ1v) is 3.89. The van der Waals surface area contributed by atoms with Crippen molar-refractivity contribution in [2.24, 2.45) is 0 Å². The van der Waals surface area contributed by atoms with Crippen molar-refractivity contribution < 1.29 is 9.94 Å². The average Bonchev–Trinajstić information content (AvgIpc) is 2.12. The Kier molecular flexibility index (Phi) is 1.47. The highest BCUT2D eigenvalue weighted by molar-refractivity contribution is 5.75. The van der Waals surface area contributed by atoms with Gasteiger partial charge in [-0.2, -0.15) is 0 Å². The second-order valence-corrected chi connectivity index (χ2v) is 2.85. The Bertz CT molecular complexity index is 423. The molecule has 0 aliphatic heterocycles. The lowest BCUT2D eigenvalue weighted by molar-refractivity contribution is -0.888. The van der Waals surface area contributed by atoms with Crippen molar-refractivity contribution in [2.45, 2.75) is 6.92 Å². The van der Waals surface area contributed by atoms with Gasteiger partial charge in [0.15, 0.2) is 0 Å². The maximum Gasteiger partial charge on any atom is 0.264 e. The van der Waals surface area contributed by atoms with Crippen LogP contribution in [0.5, 0.6) is 0 Å². The molecule has 1 N–H and O–H groups in total. The number of hydrogen-bond donors (Lipinski definition) is 1. The van der Waals surface area contributed by atoms with E-state index in [0.717, 1.165) is 16.6 Å². The molecular weight excluding hydrogens is 150 g/mol. The number of hydrogen-bond acceptors (Lipinski definition) is 1. The summed E-state index contributed by atoms with van der Waals surface area (Å²) in [5.74, 6) is 0. The van der Waals surface area contributed by atoms with Gasteiger partial charge in [-0.05, 0) is 12.1 Å². The van der Waals surface area contributed by atoms with Gasteiger partial charge in [0.25, 0.3) is 5.52 Å². The molecule has 0 saturated carbocycles. The molecule has 0 fully saturated rings. The minimum Gasteiger partial charge on any atom is -0.284 e.